The van der Waals surface area contributed by atoms with Crippen molar-refractivity contribution in [1.82, 2.24) is 14.8 Å². The first-order valence-electron chi connectivity index (χ1n) is 14.0. The molecular weight excluding hydrogens is 590 g/mol. The SMILES string of the molecule is COc1ccc2c(Br)ccc(C(CO)N3CCC(N(Cc4ccc5c(c4)OCCO5)C(=O)OC(C)(C)C)CC3)c2n1. The van der Waals surface area contributed by atoms with Gasteiger partial charge < -0.3 is 29.0 Å². The van der Waals surface area contributed by atoms with Crippen LogP contribution >= 0.6 is 15.9 Å². The van der Waals surface area contributed by atoms with E-state index in [0.717, 1.165) is 45.1 Å². The summed E-state index contributed by atoms with van der Waals surface area (Å²) in [6, 6.07) is 13.4. The minimum Gasteiger partial charge on any atom is -0.486 e. The number of methoxy groups -OCH3 is 1. The Morgan fingerprint density at radius 1 is 1.12 bits per heavy atom. The highest BCUT2D eigenvalue weighted by atomic mass is 79.9. The molecular formula is C31H38BrN3O6. The summed E-state index contributed by atoms with van der Waals surface area (Å²) in [7, 11) is 1.60. The van der Waals surface area contributed by atoms with E-state index in [-0.39, 0.29) is 24.8 Å². The Bertz CT molecular complexity index is 1390. The second-order valence-electron chi connectivity index (χ2n) is 11.4. The molecule has 0 spiro atoms. The zero-order valence-corrected chi connectivity index (χ0v) is 25.6. The van der Waals surface area contributed by atoms with Crippen LogP contribution in [0.3, 0.4) is 0 Å². The van der Waals surface area contributed by atoms with Gasteiger partial charge in [-0.2, -0.15) is 0 Å². The number of nitrogens with zero attached hydrogens (tertiary/aromatic N) is 3. The number of likely N-dealkylation sites (tertiary alicyclic amines) is 1. The number of fused-ring (bicyclic) bond motifs is 2. The number of halogens is 1. The van der Waals surface area contributed by atoms with Crippen molar-refractivity contribution in [2.45, 2.75) is 57.8 Å². The maximum atomic E-state index is 13.5. The average molecular weight is 629 g/mol. The molecule has 2 aliphatic heterocycles. The molecule has 1 unspecified atom stereocenters. The highest BCUT2D eigenvalue weighted by Gasteiger charge is 2.34. The van der Waals surface area contributed by atoms with Crippen LogP contribution < -0.4 is 14.2 Å². The summed E-state index contributed by atoms with van der Waals surface area (Å²) < 4.78 is 23.6. The van der Waals surface area contributed by atoms with Gasteiger partial charge in [0.2, 0.25) is 5.88 Å². The number of aliphatic hydroxyl groups excluding tert-OH is 1. The molecule has 0 saturated carbocycles. The molecule has 41 heavy (non-hydrogen) atoms. The molecule has 0 aliphatic carbocycles. The van der Waals surface area contributed by atoms with E-state index in [1.165, 1.54) is 0 Å². The predicted molar refractivity (Wildman–Crippen MR) is 160 cm³/mol. The minimum atomic E-state index is -0.610. The number of piperidine rings is 1. The molecule has 10 heteroatoms. The Kier molecular flexibility index (Phi) is 8.91. The number of hydrogen-bond acceptors (Lipinski definition) is 8. The van der Waals surface area contributed by atoms with Crippen molar-refractivity contribution in [3.8, 4) is 17.4 Å². The highest BCUT2D eigenvalue weighted by molar-refractivity contribution is 9.10. The second-order valence-corrected chi connectivity index (χ2v) is 12.3. The lowest BCUT2D eigenvalue weighted by atomic mass is 9.96. The third-order valence-electron chi connectivity index (χ3n) is 7.52. The molecule has 3 heterocycles. The first-order chi connectivity index (χ1) is 19.7. The summed E-state index contributed by atoms with van der Waals surface area (Å²) in [5.41, 5.74) is 2.09. The van der Waals surface area contributed by atoms with E-state index in [0.29, 0.717) is 44.5 Å². The molecule has 9 nitrogen and oxygen atoms in total. The molecule has 0 bridgehead atoms. The fraction of sp³-hybridized carbons (Fsp3) is 0.484. The molecule has 1 atom stereocenters. The lowest BCUT2D eigenvalue weighted by Crippen LogP contribution is -2.49. The monoisotopic (exact) mass is 627 g/mol. The lowest BCUT2D eigenvalue weighted by molar-refractivity contribution is 0.000895. The van der Waals surface area contributed by atoms with Crippen LogP contribution in [0.4, 0.5) is 4.79 Å². The number of pyridine rings is 1. The molecule has 1 saturated heterocycles. The molecule has 2 aliphatic rings. The van der Waals surface area contributed by atoms with Crippen molar-refractivity contribution in [3.63, 3.8) is 0 Å². The Morgan fingerprint density at radius 2 is 1.85 bits per heavy atom. The van der Waals surface area contributed by atoms with Crippen LogP contribution in [-0.4, -0.2) is 77.6 Å². The van der Waals surface area contributed by atoms with Crippen molar-refractivity contribution in [2.24, 2.45) is 0 Å². The summed E-state index contributed by atoms with van der Waals surface area (Å²) in [6.07, 6.45) is 1.15. The van der Waals surface area contributed by atoms with Crippen molar-refractivity contribution in [2.75, 3.05) is 40.0 Å². The molecule has 1 N–H and O–H groups in total. The summed E-state index contributed by atoms with van der Waals surface area (Å²) in [5.74, 6) is 1.95. The number of benzene rings is 2. The fourth-order valence-corrected chi connectivity index (χ4v) is 5.99. The quantitative estimate of drug-likeness (QED) is 0.356. The van der Waals surface area contributed by atoms with Gasteiger partial charge in [0, 0.05) is 41.6 Å². The molecule has 0 radical (unpaired) electrons. The lowest BCUT2D eigenvalue weighted by Gasteiger charge is -2.41. The van der Waals surface area contributed by atoms with Gasteiger partial charge in [-0.3, -0.25) is 4.90 Å². The summed E-state index contributed by atoms with van der Waals surface area (Å²) >= 11 is 3.63. The van der Waals surface area contributed by atoms with Crippen LogP contribution in [0, 0.1) is 0 Å². The van der Waals surface area contributed by atoms with Crippen molar-refractivity contribution in [1.29, 1.82) is 0 Å². The van der Waals surface area contributed by atoms with Crippen LogP contribution in [0.2, 0.25) is 0 Å². The van der Waals surface area contributed by atoms with Gasteiger partial charge in [0.25, 0.3) is 0 Å². The maximum absolute atomic E-state index is 13.5. The number of aliphatic hydroxyl groups is 1. The molecule has 1 aromatic heterocycles. The topological polar surface area (TPSA) is 93.6 Å². The first kappa shape index (κ1) is 29.4. The molecule has 220 valence electrons. The second kappa shape index (κ2) is 12.4. The summed E-state index contributed by atoms with van der Waals surface area (Å²) in [6.45, 7) is 8.45. The van der Waals surface area contributed by atoms with E-state index in [1.807, 2.05) is 68.1 Å². The van der Waals surface area contributed by atoms with Crippen molar-refractivity contribution < 1.29 is 28.8 Å². The average Bonchev–Trinajstić information content (AvgIpc) is 2.96. The van der Waals surface area contributed by atoms with Gasteiger partial charge in [-0.15, -0.1) is 0 Å². The number of carbonyl (C=O) groups excluding carboxylic acids is 1. The number of hydrogen-bond donors (Lipinski definition) is 1. The molecule has 3 aromatic rings. The van der Waals surface area contributed by atoms with E-state index in [9.17, 15) is 9.90 Å². The summed E-state index contributed by atoms with van der Waals surface area (Å²) in [5, 5.41) is 11.5. The minimum absolute atomic E-state index is 0.0199. The van der Waals surface area contributed by atoms with Crippen LogP contribution in [0.5, 0.6) is 17.4 Å². The van der Waals surface area contributed by atoms with Gasteiger partial charge in [-0.25, -0.2) is 9.78 Å². The van der Waals surface area contributed by atoms with Crippen LogP contribution in [0.15, 0.2) is 46.9 Å². The number of rotatable bonds is 7. The molecule has 2 aromatic carbocycles. The van der Waals surface area contributed by atoms with E-state index >= 15 is 0 Å². The highest BCUT2D eigenvalue weighted by Crippen LogP contribution is 2.36. The number of aromatic nitrogens is 1. The normalized spacial score (nSPS) is 16.8. The Balaban J connectivity index is 1.35. The smallest absolute Gasteiger partial charge is 0.410 e. The standard InChI is InChI=1S/C31H38BrN3O6/c1-31(2,3)41-30(37)35(18-20-5-9-26-27(17-20)40-16-15-39-26)21-11-13-34(14-12-21)25(19-36)23-6-8-24(32)22-7-10-28(38-4)33-29(22)23/h5-10,17,21,25,36H,11-16,18-19H2,1-4H3. The van der Waals surface area contributed by atoms with Crippen molar-refractivity contribution >= 4 is 32.9 Å². The van der Waals surface area contributed by atoms with Crippen LogP contribution in [0.1, 0.15) is 50.8 Å². The Hall–Kier alpha value is -3.08. The first-order valence-corrected chi connectivity index (χ1v) is 14.8. The van der Waals surface area contributed by atoms with E-state index in [1.54, 1.807) is 7.11 Å². The molecule has 1 amide bonds. The summed E-state index contributed by atoms with van der Waals surface area (Å²) in [4.78, 5) is 22.3. The van der Waals surface area contributed by atoms with Crippen LogP contribution in [0.25, 0.3) is 10.9 Å². The molecule has 5 rings (SSSR count). The van der Waals surface area contributed by atoms with Gasteiger partial charge >= 0.3 is 6.09 Å². The maximum Gasteiger partial charge on any atom is 0.410 e. The Labute approximate surface area is 249 Å². The zero-order valence-electron chi connectivity index (χ0n) is 24.1. The molecule has 1 fully saturated rings. The van der Waals surface area contributed by atoms with Gasteiger partial charge in [-0.1, -0.05) is 28.1 Å². The number of carbonyl (C=O) groups is 1. The number of ether oxygens (including phenoxy) is 4. The van der Waals surface area contributed by atoms with E-state index in [4.69, 9.17) is 23.9 Å². The van der Waals surface area contributed by atoms with Gasteiger partial charge in [0.15, 0.2) is 11.5 Å². The largest absolute Gasteiger partial charge is 0.486 e. The fourth-order valence-electron chi connectivity index (χ4n) is 5.53. The third kappa shape index (κ3) is 6.71. The Morgan fingerprint density at radius 3 is 2.54 bits per heavy atom. The van der Waals surface area contributed by atoms with Gasteiger partial charge in [-0.05, 0) is 69.0 Å². The zero-order chi connectivity index (χ0) is 29.1. The number of amides is 1. The van der Waals surface area contributed by atoms with E-state index in [2.05, 4.69) is 20.8 Å². The van der Waals surface area contributed by atoms with E-state index < -0.39 is 5.60 Å². The van der Waals surface area contributed by atoms with Gasteiger partial charge in [0.05, 0.1) is 25.3 Å². The van der Waals surface area contributed by atoms with Crippen molar-refractivity contribution in [3.05, 3.63) is 58.1 Å². The predicted octanol–water partition coefficient (Wildman–Crippen LogP) is 5.71. The van der Waals surface area contributed by atoms with Gasteiger partial charge in [0.1, 0.15) is 18.8 Å². The third-order valence-corrected chi connectivity index (χ3v) is 8.21. The van der Waals surface area contributed by atoms with Crippen LogP contribution in [-0.2, 0) is 11.3 Å².